The molecule has 0 aliphatic rings. The maximum atomic E-state index is 13.3. The Bertz CT molecular complexity index is 432. The minimum atomic E-state index is -1.75. The number of carbonyl (C=O) groups excluding carboxylic acids is 1. The summed E-state index contributed by atoms with van der Waals surface area (Å²) >= 11 is 5.62. The second-order valence-electron chi connectivity index (χ2n) is 3.16. The minimum Gasteiger partial charge on any atom is -0.479 e. The Morgan fingerprint density at radius 2 is 2.12 bits per heavy atom. The van der Waals surface area contributed by atoms with E-state index in [2.05, 4.69) is 5.32 Å². The van der Waals surface area contributed by atoms with E-state index in [-0.39, 0.29) is 10.6 Å². The van der Waals surface area contributed by atoms with E-state index in [1.54, 1.807) is 0 Å². The summed E-state index contributed by atoms with van der Waals surface area (Å²) in [6.45, 7) is -0.529. The smallest absolute Gasteiger partial charge is 0.334 e. The molecule has 1 rings (SSSR count). The van der Waals surface area contributed by atoms with E-state index in [0.717, 1.165) is 6.07 Å². The van der Waals surface area contributed by atoms with Crippen molar-refractivity contribution in [1.82, 2.24) is 5.32 Å². The van der Waals surface area contributed by atoms with E-state index < -0.39 is 30.3 Å². The van der Waals surface area contributed by atoms with Crippen LogP contribution in [0.25, 0.3) is 0 Å². The lowest BCUT2D eigenvalue weighted by Gasteiger charge is -2.09. The number of hydrogen-bond acceptors (Lipinski definition) is 3. The third kappa shape index (κ3) is 3.40. The number of carbonyl (C=O) groups is 2. The highest BCUT2D eigenvalue weighted by Gasteiger charge is 2.18. The average Bonchev–Trinajstić information content (AvgIpc) is 2.25. The van der Waals surface area contributed by atoms with Crippen LogP contribution >= 0.6 is 11.6 Å². The highest BCUT2D eigenvalue weighted by Crippen LogP contribution is 2.18. The van der Waals surface area contributed by atoms with Gasteiger partial charge >= 0.3 is 5.97 Å². The fourth-order valence-electron chi connectivity index (χ4n) is 1.08. The first-order valence-electron chi connectivity index (χ1n) is 4.56. The van der Waals surface area contributed by atoms with Gasteiger partial charge in [0, 0.05) is 0 Å². The van der Waals surface area contributed by atoms with E-state index >= 15 is 0 Å². The number of benzene rings is 1. The van der Waals surface area contributed by atoms with Crippen LogP contribution < -0.4 is 5.32 Å². The van der Waals surface area contributed by atoms with Crippen LogP contribution in [0.2, 0.25) is 5.02 Å². The zero-order valence-electron chi connectivity index (χ0n) is 8.48. The molecule has 0 aromatic heterocycles. The molecule has 1 aromatic rings. The van der Waals surface area contributed by atoms with Crippen LogP contribution in [0.5, 0.6) is 0 Å². The highest BCUT2D eigenvalue weighted by molar-refractivity contribution is 6.33. The predicted molar refractivity (Wildman–Crippen MR) is 57.4 cm³/mol. The Morgan fingerprint density at radius 1 is 1.47 bits per heavy atom. The number of carboxylic acids is 1. The van der Waals surface area contributed by atoms with Crippen molar-refractivity contribution in [3.63, 3.8) is 0 Å². The Balaban J connectivity index is 2.74. The Morgan fingerprint density at radius 3 is 2.65 bits per heavy atom. The van der Waals surface area contributed by atoms with Crippen molar-refractivity contribution in [2.75, 3.05) is 6.54 Å². The number of aliphatic hydroxyl groups excluding tert-OH is 1. The normalized spacial score (nSPS) is 11.9. The standard InChI is InChI=1S/C10H9ClFNO4/c11-5-2-1-3-6(12)8(5)9(15)13-4-7(14)10(16)17/h1-3,7,14H,4H2,(H,13,15)(H,16,17)/t7-/m0/s1. The summed E-state index contributed by atoms with van der Waals surface area (Å²) in [5.74, 6) is -3.18. The molecule has 0 fully saturated rings. The number of carboxylic acid groups (broad SMARTS) is 1. The summed E-state index contributed by atoms with van der Waals surface area (Å²) in [6, 6.07) is 3.71. The largest absolute Gasteiger partial charge is 0.479 e. The van der Waals surface area contributed by atoms with Crippen molar-refractivity contribution in [3.05, 3.63) is 34.6 Å². The van der Waals surface area contributed by atoms with Gasteiger partial charge in [0.05, 0.1) is 17.1 Å². The Kier molecular flexibility index (Phi) is 4.42. The number of hydrogen-bond donors (Lipinski definition) is 3. The van der Waals surface area contributed by atoms with Gasteiger partial charge in [-0.1, -0.05) is 17.7 Å². The molecule has 0 unspecified atom stereocenters. The van der Waals surface area contributed by atoms with Gasteiger partial charge in [-0.05, 0) is 12.1 Å². The van der Waals surface area contributed by atoms with Gasteiger partial charge in [0.2, 0.25) is 0 Å². The van der Waals surface area contributed by atoms with Gasteiger partial charge in [0.15, 0.2) is 6.10 Å². The SMILES string of the molecule is O=C(NC[C@H](O)C(=O)O)c1c(F)cccc1Cl. The first-order chi connectivity index (χ1) is 7.93. The molecule has 17 heavy (non-hydrogen) atoms. The molecular weight excluding hydrogens is 253 g/mol. The van der Waals surface area contributed by atoms with Crippen molar-refractivity contribution in [3.8, 4) is 0 Å². The van der Waals surface area contributed by atoms with E-state index in [9.17, 15) is 14.0 Å². The molecular formula is C10H9ClFNO4. The summed E-state index contributed by atoms with van der Waals surface area (Å²) in [5, 5.41) is 19.3. The molecule has 0 bridgehead atoms. The molecule has 1 amide bonds. The molecule has 1 atom stereocenters. The van der Waals surface area contributed by atoms with E-state index in [4.69, 9.17) is 21.8 Å². The molecule has 7 heteroatoms. The van der Waals surface area contributed by atoms with Gasteiger partial charge < -0.3 is 15.5 Å². The van der Waals surface area contributed by atoms with Crippen molar-refractivity contribution in [2.45, 2.75) is 6.10 Å². The van der Waals surface area contributed by atoms with Crippen LogP contribution in [0.1, 0.15) is 10.4 Å². The van der Waals surface area contributed by atoms with Gasteiger partial charge in [-0.2, -0.15) is 0 Å². The molecule has 0 spiro atoms. The second kappa shape index (κ2) is 5.60. The molecule has 3 N–H and O–H groups in total. The van der Waals surface area contributed by atoms with Crippen molar-refractivity contribution >= 4 is 23.5 Å². The van der Waals surface area contributed by atoms with Gasteiger partial charge in [-0.15, -0.1) is 0 Å². The number of aliphatic carboxylic acids is 1. The molecule has 0 saturated carbocycles. The van der Waals surface area contributed by atoms with E-state index in [1.165, 1.54) is 12.1 Å². The maximum absolute atomic E-state index is 13.3. The predicted octanol–water partition coefficient (Wildman–Crippen LogP) is 0.654. The van der Waals surface area contributed by atoms with Gasteiger partial charge in [0.25, 0.3) is 5.91 Å². The number of amides is 1. The number of nitrogens with one attached hydrogen (secondary N) is 1. The summed E-state index contributed by atoms with van der Waals surface area (Å²) in [5.41, 5.74) is -0.383. The van der Waals surface area contributed by atoms with Gasteiger partial charge in [0.1, 0.15) is 5.82 Å². The van der Waals surface area contributed by atoms with E-state index in [1.807, 2.05) is 0 Å². The maximum Gasteiger partial charge on any atom is 0.334 e. The Labute approximate surface area is 101 Å². The fraction of sp³-hybridized carbons (Fsp3) is 0.200. The van der Waals surface area contributed by atoms with Gasteiger partial charge in [-0.25, -0.2) is 9.18 Å². The topological polar surface area (TPSA) is 86.6 Å². The molecule has 92 valence electrons. The summed E-state index contributed by atoms with van der Waals surface area (Å²) in [7, 11) is 0. The highest BCUT2D eigenvalue weighted by atomic mass is 35.5. The van der Waals surface area contributed by atoms with Crippen molar-refractivity contribution in [2.24, 2.45) is 0 Å². The molecule has 5 nitrogen and oxygen atoms in total. The molecule has 0 aliphatic carbocycles. The molecule has 0 heterocycles. The first-order valence-corrected chi connectivity index (χ1v) is 4.94. The molecule has 0 aliphatic heterocycles. The van der Waals surface area contributed by atoms with Gasteiger partial charge in [-0.3, -0.25) is 4.79 Å². The van der Waals surface area contributed by atoms with Crippen LogP contribution in [0.4, 0.5) is 4.39 Å². The van der Waals surface area contributed by atoms with Crippen LogP contribution in [0.3, 0.4) is 0 Å². The lowest BCUT2D eigenvalue weighted by Crippen LogP contribution is -2.36. The first kappa shape index (κ1) is 13.4. The molecule has 0 radical (unpaired) electrons. The molecule has 0 saturated heterocycles. The summed E-state index contributed by atoms with van der Waals surface area (Å²) < 4.78 is 13.3. The number of halogens is 2. The van der Waals surface area contributed by atoms with E-state index in [0.29, 0.717) is 0 Å². The number of rotatable bonds is 4. The van der Waals surface area contributed by atoms with Crippen LogP contribution in [-0.2, 0) is 4.79 Å². The third-order valence-corrected chi connectivity index (χ3v) is 2.25. The average molecular weight is 262 g/mol. The quantitative estimate of drug-likeness (QED) is 0.743. The van der Waals surface area contributed by atoms with Crippen molar-refractivity contribution < 1.29 is 24.2 Å². The monoisotopic (exact) mass is 261 g/mol. The third-order valence-electron chi connectivity index (χ3n) is 1.93. The minimum absolute atomic E-state index is 0.0904. The zero-order chi connectivity index (χ0) is 13.0. The van der Waals surface area contributed by atoms with Crippen LogP contribution in [0, 0.1) is 5.82 Å². The Hall–Kier alpha value is -1.66. The van der Waals surface area contributed by atoms with Crippen molar-refractivity contribution in [1.29, 1.82) is 0 Å². The number of aliphatic hydroxyl groups is 1. The zero-order valence-corrected chi connectivity index (χ0v) is 9.24. The van der Waals surface area contributed by atoms with Crippen LogP contribution in [-0.4, -0.2) is 34.7 Å². The summed E-state index contributed by atoms with van der Waals surface area (Å²) in [4.78, 5) is 21.8. The van der Waals surface area contributed by atoms with Crippen LogP contribution in [0.15, 0.2) is 18.2 Å². The molecule has 1 aromatic carbocycles. The fourth-order valence-corrected chi connectivity index (χ4v) is 1.33. The lowest BCUT2D eigenvalue weighted by atomic mass is 10.2. The lowest BCUT2D eigenvalue weighted by molar-refractivity contribution is -0.146. The summed E-state index contributed by atoms with van der Waals surface area (Å²) in [6.07, 6.45) is -1.75. The second-order valence-corrected chi connectivity index (χ2v) is 3.57.